The largest absolute Gasteiger partial charge is 0.459 e. The zero-order valence-corrected chi connectivity index (χ0v) is 28.3. The lowest BCUT2D eigenvalue weighted by molar-refractivity contribution is -0.129. The maximum Gasteiger partial charge on any atom is 0.318 e. The van der Waals surface area contributed by atoms with Crippen LogP contribution < -0.4 is 14.5 Å². The Hall–Kier alpha value is -4.30. The minimum Gasteiger partial charge on any atom is -0.459 e. The van der Waals surface area contributed by atoms with Gasteiger partial charge in [0.25, 0.3) is 0 Å². The lowest BCUT2D eigenvalue weighted by Gasteiger charge is -2.42. The molecule has 1 saturated heterocycles. The number of alkyl halides is 2. The normalized spacial score (nSPS) is 20.5. The first-order valence-electron chi connectivity index (χ1n) is 16.9. The molecule has 1 amide bonds. The van der Waals surface area contributed by atoms with E-state index in [1.165, 1.54) is 22.4 Å². The summed E-state index contributed by atoms with van der Waals surface area (Å²) in [5.41, 5.74) is 4.34. The summed E-state index contributed by atoms with van der Waals surface area (Å²) in [5, 5.41) is 2.43. The Morgan fingerprint density at radius 2 is 1.92 bits per heavy atom. The van der Waals surface area contributed by atoms with E-state index in [2.05, 4.69) is 69.4 Å². The molecule has 9 nitrogen and oxygen atoms in total. The van der Waals surface area contributed by atoms with Crippen molar-refractivity contribution in [2.45, 2.75) is 70.7 Å². The Kier molecular flexibility index (Phi) is 9.57. The van der Waals surface area contributed by atoms with E-state index in [0.717, 1.165) is 35.7 Å². The van der Waals surface area contributed by atoms with Gasteiger partial charge in [0.1, 0.15) is 18.0 Å². The summed E-state index contributed by atoms with van der Waals surface area (Å²) >= 11 is 0. The molecule has 3 atom stereocenters. The van der Waals surface area contributed by atoms with E-state index in [0.29, 0.717) is 32.7 Å². The predicted octanol–water partition coefficient (Wildman–Crippen LogP) is 5.76. The van der Waals surface area contributed by atoms with Crippen molar-refractivity contribution in [1.29, 1.82) is 0 Å². The number of amides is 1. The molecule has 3 heterocycles. The first-order chi connectivity index (χ1) is 23.0. The van der Waals surface area contributed by atoms with Gasteiger partial charge in [-0.25, -0.2) is 15.4 Å². The highest BCUT2D eigenvalue weighted by molar-refractivity contribution is 5.97. The average Bonchev–Trinajstić information content (AvgIpc) is 3.05. The number of hydrogen-bond acceptors (Lipinski definition) is 7. The molecule has 0 N–H and O–H groups in total. The summed E-state index contributed by atoms with van der Waals surface area (Å²) in [6, 6.07) is 12.8. The van der Waals surface area contributed by atoms with Gasteiger partial charge in [-0.2, -0.15) is 9.97 Å². The molecule has 3 aliphatic rings. The van der Waals surface area contributed by atoms with Gasteiger partial charge < -0.3 is 24.3 Å². The molecule has 2 fully saturated rings. The number of halogens is 2. The summed E-state index contributed by atoms with van der Waals surface area (Å²) in [6.45, 7) is 20.9. The number of likely N-dealkylation sites (N-methyl/N-ethyl adjacent to an activating group) is 1. The summed E-state index contributed by atoms with van der Waals surface area (Å²) in [5.74, 6) is -1.97. The number of carbonyl (C=O) groups is 1. The first-order valence-corrected chi connectivity index (χ1v) is 16.9. The van der Waals surface area contributed by atoms with Crippen LogP contribution in [0, 0.1) is 19.4 Å². The molecular formula is C37H45F2N7O2. The second-order valence-electron chi connectivity index (χ2n) is 13.7. The molecule has 0 radical (unpaired) electrons. The Labute approximate surface area is 282 Å². The minimum absolute atomic E-state index is 0.00218. The summed E-state index contributed by atoms with van der Waals surface area (Å²) < 4.78 is 33.5. The lowest BCUT2D eigenvalue weighted by atomic mass is 9.76. The van der Waals surface area contributed by atoms with Crippen LogP contribution in [0.3, 0.4) is 0 Å². The van der Waals surface area contributed by atoms with E-state index in [1.54, 1.807) is 4.90 Å². The molecule has 0 spiro atoms. The number of hydrogen-bond donors (Lipinski definition) is 0. The van der Waals surface area contributed by atoms with E-state index >= 15 is 0 Å². The molecule has 2 aliphatic heterocycles. The number of ether oxygens (including phenoxy) is 1. The third-order valence-electron chi connectivity index (χ3n) is 10.3. The van der Waals surface area contributed by atoms with Crippen LogP contribution >= 0.6 is 0 Å². The van der Waals surface area contributed by atoms with Crippen molar-refractivity contribution in [2.75, 3.05) is 56.1 Å². The van der Waals surface area contributed by atoms with Crippen molar-refractivity contribution in [3.05, 3.63) is 77.3 Å². The van der Waals surface area contributed by atoms with Gasteiger partial charge in [0, 0.05) is 68.2 Å². The Bertz CT molecular complexity index is 1710. The number of aromatic nitrogens is 2. The smallest absolute Gasteiger partial charge is 0.318 e. The number of rotatable bonds is 10. The summed E-state index contributed by atoms with van der Waals surface area (Å²) in [6.07, 6.45) is 1.61. The molecule has 48 heavy (non-hydrogen) atoms. The van der Waals surface area contributed by atoms with Gasteiger partial charge in [0.2, 0.25) is 18.4 Å². The van der Waals surface area contributed by atoms with Crippen molar-refractivity contribution in [3.8, 4) is 6.01 Å². The number of benzene rings is 2. The van der Waals surface area contributed by atoms with E-state index in [-0.39, 0.29) is 55.4 Å². The molecule has 0 unspecified atom stereocenters. The highest BCUT2D eigenvalue weighted by Gasteiger charge is 2.48. The van der Waals surface area contributed by atoms with Crippen LogP contribution in [0.1, 0.15) is 43.5 Å². The van der Waals surface area contributed by atoms with Gasteiger partial charge >= 0.3 is 6.01 Å². The van der Waals surface area contributed by atoms with Crippen molar-refractivity contribution >= 4 is 28.2 Å². The maximum atomic E-state index is 13.6. The molecule has 254 valence electrons. The van der Waals surface area contributed by atoms with Crippen LogP contribution in [0.4, 0.5) is 20.3 Å². The topological polar surface area (TPSA) is 69.4 Å². The number of carbonyl (C=O) groups excluding carboxylic acids is 1. The Balaban J connectivity index is 1.29. The summed E-state index contributed by atoms with van der Waals surface area (Å²) in [7, 11) is 1.95. The molecule has 2 aromatic carbocycles. The van der Waals surface area contributed by atoms with E-state index in [1.807, 2.05) is 20.9 Å². The van der Waals surface area contributed by atoms with Crippen molar-refractivity contribution in [1.82, 2.24) is 19.8 Å². The number of fused-ring (bicyclic) bond motifs is 2. The predicted molar refractivity (Wildman–Crippen MR) is 185 cm³/mol. The molecule has 11 heteroatoms. The van der Waals surface area contributed by atoms with Crippen molar-refractivity contribution in [2.24, 2.45) is 5.92 Å². The number of aryl methyl sites for hydroxylation is 1. The molecule has 3 aromatic rings. The second kappa shape index (κ2) is 13.7. The standard InChI is InChI=1S/C37H45F2N7O2/c1-7-33(47)46-17-16-45(22-29(46)20-40-5)35-30-14-15-44(32-13-9-12-27-11-8-10-24(2)34(27)32)23-31(30)41-36(42-35)48-25(3)21-43(6)26(4)28-18-37(38,39)19-28/h7-13,25-26,28-29H,1,14-23H2,2-4,6H3/t25-,26+,29+/m1/s1. The first kappa shape index (κ1) is 33.6. The molecule has 1 aromatic heterocycles. The van der Waals surface area contributed by atoms with Crippen LogP contribution in [0.15, 0.2) is 49.1 Å². The molecule has 1 saturated carbocycles. The van der Waals surface area contributed by atoms with E-state index in [9.17, 15) is 13.6 Å². The van der Waals surface area contributed by atoms with Crippen LogP contribution in [0.25, 0.3) is 15.6 Å². The third kappa shape index (κ3) is 6.81. The van der Waals surface area contributed by atoms with Crippen LogP contribution in [-0.4, -0.2) is 96.1 Å². The second-order valence-corrected chi connectivity index (χ2v) is 13.7. The van der Waals surface area contributed by atoms with Crippen molar-refractivity contribution in [3.63, 3.8) is 0 Å². The molecule has 1 aliphatic carbocycles. The number of anilines is 2. The monoisotopic (exact) mass is 657 g/mol. The Morgan fingerprint density at radius 1 is 1.17 bits per heavy atom. The van der Waals surface area contributed by atoms with Gasteiger partial charge in [-0.15, -0.1) is 0 Å². The van der Waals surface area contributed by atoms with Gasteiger partial charge in [-0.1, -0.05) is 36.9 Å². The Morgan fingerprint density at radius 3 is 2.62 bits per heavy atom. The van der Waals surface area contributed by atoms with Crippen LogP contribution in [0.2, 0.25) is 0 Å². The lowest BCUT2D eigenvalue weighted by Crippen LogP contribution is -2.56. The molecular weight excluding hydrogens is 612 g/mol. The summed E-state index contributed by atoms with van der Waals surface area (Å²) in [4.78, 5) is 34.6. The van der Waals surface area contributed by atoms with Gasteiger partial charge in [-0.05, 0) is 63.2 Å². The van der Waals surface area contributed by atoms with E-state index < -0.39 is 5.92 Å². The fourth-order valence-corrected chi connectivity index (χ4v) is 7.59. The quantitative estimate of drug-likeness (QED) is 0.203. The van der Waals surface area contributed by atoms with Gasteiger partial charge in [0.05, 0.1) is 12.2 Å². The highest BCUT2D eigenvalue weighted by Crippen LogP contribution is 2.45. The number of piperazine rings is 1. The minimum atomic E-state index is -2.55. The average molecular weight is 658 g/mol. The maximum absolute atomic E-state index is 13.6. The zero-order valence-electron chi connectivity index (χ0n) is 28.3. The van der Waals surface area contributed by atoms with Gasteiger partial charge in [-0.3, -0.25) is 9.69 Å². The van der Waals surface area contributed by atoms with Crippen LogP contribution in [0.5, 0.6) is 6.01 Å². The fraction of sp³-hybridized carbons (Fsp3) is 0.514. The highest BCUT2D eigenvalue weighted by atomic mass is 19.3. The zero-order chi connectivity index (χ0) is 34.2. The fourth-order valence-electron chi connectivity index (χ4n) is 7.59. The third-order valence-corrected chi connectivity index (χ3v) is 10.3. The SMILES string of the molecule is [C-]#[N+]C[C@H]1CN(c2nc(O[C@H](C)CN(C)[C@@H](C)C3CC(F)(F)C3)nc3c2CCN(c2cccc4cccc(C)c24)C3)CCN1C(=O)C=C. The molecule has 0 bridgehead atoms. The van der Waals surface area contributed by atoms with E-state index in [4.69, 9.17) is 21.3 Å². The number of nitrogens with zero attached hydrogens (tertiary/aromatic N) is 7. The van der Waals surface area contributed by atoms with Gasteiger partial charge in [0.15, 0.2) is 0 Å². The van der Waals surface area contributed by atoms with Crippen molar-refractivity contribution < 1.29 is 18.3 Å². The van der Waals surface area contributed by atoms with Crippen LogP contribution in [-0.2, 0) is 17.8 Å². The molecule has 6 rings (SSSR count).